The summed E-state index contributed by atoms with van der Waals surface area (Å²) in [5.41, 5.74) is 2.49. The summed E-state index contributed by atoms with van der Waals surface area (Å²) in [7, 11) is 0. The van der Waals surface area contributed by atoms with E-state index >= 15 is 0 Å². The standard InChI is InChI=1S/C20H21NO4/c1-2-4-14(5-3-1)15-11-20(21-6-8-22-9-7-21)25-17-12-19-18(10-16(15)17)23-13-24-19/h1-5,10,12,15,20H,6-9,11,13H2/t15-,20+/m1/s1. The molecule has 0 radical (unpaired) electrons. The molecule has 1 saturated heterocycles. The highest BCUT2D eigenvalue weighted by Gasteiger charge is 2.35. The molecule has 2 atom stereocenters. The van der Waals surface area contributed by atoms with Crippen molar-refractivity contribution in [2.75, 3.05) is 33.1 Å². The van der Waals surface area contributed by atoms with Crippen molar-refractivity contribution >= 4 is 0 Å². The van der Waals surface area contributed by atoms with Gasteiger partial charge in [0.05, 0.1) is 13.2 Å². The summed E-state index contributed by atoms with van der Waals surface area (Å²) < 4.78 is 23.0. The van der Waals surface area contributed by atoms with Crippen LogP contribution in [0.15, 0.2) is 42.5 Å². The maximum atomic E-state index is 6.38. The number of benzene rings is 2. The summed E-state index contributed by atoms with van der Waals surface area (Å²) in [5, 5.41) is 0. The van der Waals surface area contributed by atoms with Crippen molar-refractivity contribution < 1.29 is 18.9 Å². The number of hydrogen-bond donors (Lipinski definition) is 0. The van der Waals surface area contributed by atoms with Gasteiger partial charge in [0, 0.05) is 37.1 Å². The number of ether oxygens (including phenoxy) is 4. The third kappa shape index (κ3) is 2.73. The van der Waals surface area contributed by atoms with Crippen molar-refractivity contribution in [3.05, 3.63) is 53.6 Å². The zero-order valence-corrected chi connectivity index (χ0v) is 14.0. The first-order chi connectivity index (χ1) is 12.4. The summed E-state index contributed by atoms with van der Waals surface area (Å²) in [6, 6.07) is 14.7. The first-order valence-corrected chi connectivity index (χ1v) is 8.85. The molecule has 0 unspecified atom stereocenters. The molecule has 5 rings (SSSR count). The van der Waals surface area contributed by atoms with E-state index < -0.39 is 0 Å². The third-order valence-electron chi connectivity index (χ3n) is 5.24. The van der Waals surface area contributed by atoms with Gasteiger partial charge in [-0.1, -0.05) is 30.3 Å². The van der Waals surface area contributed by atoms with Crippen LogP contribution in [0, 0.1) is 0 Å². The van der Waals surface area contributed by atoms with Crippen LogP contribution in [0.4, 0.5) is 0 Å². The molecule has 130 valence electrons. The Morgan fingerprint density at radius 2 is 1.64 bits per heavy atom. The molecule has 3 aliphatic heterocycles. The first kappa shape index (κ1) is 15.0. The zero-order valence-electron chi connectivity index (χ0n) is 14.0. The van der Waals surface area contributed by atoms with E-state index in [-0.39, 0.29) is 18.9 Å². The smallest absolute Gasteiger partial charge is 0.231 e. The minimum Gasteiger partial charge on any atom is -0.475 e. The van der Waals surface area contributed by atoms with Crippen molar-refractivity contribution in [1.29, 1.82) is 0 Å². The first-order valence-electron chi connectivity index (χ1n) is 8.85. The Bertz CT molecular complexity index is 758. The minimum atomic E-state index is 0.0574. The second-order valence-corrected chi connectivity index (χ2v) is 6.66. The largest absolute Gasteiger partial charge is 0.475 e. The van der Waals surface area contributed by atoms with Gasteiger partial charge in [-0.05, 0) is 11.6 Å². The van der Waals surface area contributed by atoms with Crippen LogP contribution in [0.5, 0.6) is 17.2 Å². The van der Waals surface area contributed by atoms with E-state index in [4.69, 9.17) is 18.9 Å². The van der Waals surface area contributed by atoms with E-state index in [2.05, 4.69) is 41.3 Å². The molecule has 0 N–H and O–H groups in total. The summed E-state index contributed by atoms with van der Waals surface area (Å²) in [6.07, 6.45) is 0.985. The average Bonchev–Trinajstić information content (AvgIpc) is 3.14. The van der Waals surface area contributed by atoms with Gasteiger partial charge >= 0.3 is 0 Å². The molecule has 0 aromatic heterocycles. The molecule has 0 spiro atoms. The molecule has 5 heteroatoms. The van der Waals surface area contributed by atoms with Crippen LogP contribution in [-0.4, -0.2) is 44.2 Å². The fraction of sp³-hybridized carbons (Fsp3) is 0.400. The normalized spacial score (nSPS) is 25.3. The highest BCUT2D eigenvalue weighted by Crippen LogP contribution is 2.47. The Hall–Kier alpha value is -2.24. The molecule has 5 nitrogen and oxygen atoms in total. The van der Waals surface area contributed by atoms with Gasteiger partial charge in [0.25, 0.3) is 0 Å². The summed E-state index contributed by atoms with van der Waals surface area (Å²) in [4.78, 5) is 2.38. The Morgan fingerprint density at radius 1 is 0.880 bits per heavy atom. The van der Waals surface area contributed by atoms with Crippen molar-refractivity contribution in [1.82, 2.24) is 4.90 Å². The van der Waals surface area contributed by atoms with E-state index in [9.17, 15) is 0 Å². The lowest BCUT2D eigenvalue weighted by molar-refractivity contribution is -0.0558. The van der Waals surface area contributed by atoms with E-state index in [0.29, 0.717) is 0 Å². The van der Waals surface area contributed by atoms with Crippen LogP contribution < -0.4 is 14.2 Å². The van der Waals surface area contributed by atoms with Crippen LogP contribution in [0.2, 0.25) is 0 Å². The molecule has 25 heavy (non-hydrogen) atoms. The number of morpholine rings is 1. The molecule has 0 bridgehead atoms. The summed E-state index contributed by atoms with van der Waals surface area (Å²) >= 11 is 0. The quantitative estimate of drug-likeness (QED) is 0.841. The zero-order chi connectivity index (χ0) is 16.6. The summed E-state index contributed by atoms with van der Waals surface area (Å²) in [5.74, 6) is 2.77. The SMILES string of the molecule is c1ccc([C@H]2C[C@@H](N3CCOCC3)Oc3cc4c(cc32)OCO4)cc1. The lowest BCUT2D eigenvalue weighted by Crippen LogP contribution is -2.48. The Kier molecular flexibility index (Phi) is 3.76. The maximum Gasteiger partial charge on any atom is 0.231 e. The maximum absolute atomic E-state index is 6.38. The molecule has 3 aliphatic rings. The van der Waals surface area contributed by atoms with Gasteiger partial charge in [0.2, 0.25) is 6.79 Å². The van der Waals surface area contributed by atoms with Crippen LogP contribution in [-0.2, 0) is 4.74 Å². The third-order valence-corrected chi connectivity index (χ3v) is 5.24. The molecule has 2 aromatic carbocycles. The molecule has 0 aliphatic carbocycles. The topological polar surface area (TPSA) is 40.2 Å². The Labute approximate surface area is 147 Å². The van der Waals surface area contributed by atoms with Crippen molar-refractivity contribution in [3.63, 3.8) is 0 Å². The summed E-state index contributed by atoms with van der Waals surface area (Å²) in [6.45, 7) is 3.63. The minimum absolute atomic E-state index is 0.0574. The van der Waals surface area contributed by atoms with E-state index in [0.717, 1.165) is 50.0 Å². The number of fused-ring (bicyclic) bond motifs is 2. The number of hydrogen-bond acceptors (Lipinski definition) is 5. The van der Waals surface area contributed by atoms with Crippen molar-refractivity contribution in [3.8, 4) is 17.2 Å². The van der Waals surface area contributed by atoms with Gasteiger partial charge in [0.15, 0.2) is 17.7 Å². The molecule has 0 amide bonds. The highest BCUT2D eigenvalue weighted by molar-refractivity contribution is 5.55. The van der Waals surface area contributed by atoms with Gasteiger partial charge in [-0.25, -0.2) is 0 Å². The number of nitrogens with zero attached hydrogens (tertiary/aromatic N) is 1. The fourth-order valence-corrected chi connectivity index (χ4v) is 3.93. The van der Waals surface area contributed by atoms with E-state index in [1.165, 1.54) is 11.1 Å². The predicted molar refractivity (Wildman–Crippen MR) is 92.3 cm³/mol. The number of rotatable bonds is 2. The van der Waals surface area contributed by atoms with Crippen LogP contribution >= 0.6 is 0 Å². The van der Waals surface area contributed by atoms with Crippen LogP contribution in [0.1, 0.15) is 23.5 Å². The van der Waals surface area contributed by atoms with Gasteiger partial charge in [0.1, 0.15) is 5.75 Å². The highest BCUT2D eigenvalue weighted by atomic mass is 16.7. The van der Waals surface area contributed by atoms with Gasteiger partial charge < -0.3 is 18.9 Å². The second kappa shape index (κ2) is 6.24. The second-order valence-electron chi connectivity index (χ2n) is 6.66. The average molecular weight is 339 g/mol. The van der Waals surface area contributed by atoms with Gasteiger partial charge in [-0.2, -0.15) is 0 Å². The Balaban J connectivity index is 1.55. The lowest BCUT2D eigenvalue weighted by atomic mass is 9.85. The molecule has 2 aromatic rings. The Morgan fingerprint density at radius 3 is 2.44 bits per heavy atom. The monoisotopic (exact) mass is 339 g/mol. The fourth-order valence-electron chi connectivity index (χ4n) is 3.93. The predicted octanol–water partition coefficient (Wildman–Crippen LogP) is 2.99. The van der Waals surface area contributed by atoms with E-state index in [1.54, 1.807) is 0 Å². The van der Waals surface area contributed by atoms with Crippen LogP contribution in [0.3, 0.4) is 0 Å². The van der Waals surface area contributed by atoms with E-state index in [1.807, 2.05) is 6.07 Å². The molecule has 0 saturated carbocycles. The molecular weight excluding hydrogens is 318 g/mol. The van der Waals surface area contributed by atoms with Gasteiger partial charge in [-0.15, -0.1) is 0 Å². The van der Waals surface area contributed by atoms with Crippen molar-refractivity contribution in [2.24, 2.45) is 0 Å². The molecule has 3 heterocycles. The molecule has 1 fully saturated rings. The lowest BCUT2D eigenvalue weighted by Gasteiger charge is -2.40. The van der Waals surface area contributed by atoms with Crippen LogP contribution in [0.25, 0.3) is 0 Å². The molecular formula is C20H21NO4. The van der Waals surface area contributed by atoms with Crippen molar-refractivity contribution in [2.45, 2.75) is 18.6 Å². The van der Waals surface area contributed by atoms with Gasteiger partial charge in [-0.3, -0.25) is 4.90 Å².